The number of aliphatic hydroxyl groups excluding tert-OH is 1. The Morgan fingerprint density at radius 3 is 2.54 bits per heavy atom. The fourth-order valence-electron chi connectivity index (χ4n) is 4.26. The molecule has 4 aromatic rings. The van der Waals surface area contributed by atoms with E-state index in [1.165, 1.54) is 29.3 Å². The molecule has 0 spiro atoms. The highest BCUT2D eigenvalue weighted by Crippen LogP contribution is 2.42. The van der Waals surface area contributed by atoms with E-state index in [9.17, 15) is 19.5 Å². The van der Waals surface area contributed by atoms with Crippen molar-refractivity contribution in [1.29, 1.82) is 0 Å². The number of carbonyl (C=O) groups is 3. The SMILES string of the molecule is CC(C)OC(=O)c1ccc(N2C(=O)C(O)=C(C(=O)c3cc4cc(Cl)ccc4o3)C2c2cccnc2)cc1. The number of amides is 1. The van der Waals surface area contributed by atoms with Crippen LogP contribution in [-0.2, 0) is 9.53 Å². The van der Waals surface area contributed by atoms with Crippen LogP contribution in [0.25, 0.3) is 11.0 Å². The number of hydrogen-bond donors (Lipinski definition) is 1. The zero-order chi connectivity index (χ0) is 26.3. The van der Waals surface area contributed by atoms with E-state index in [1.54, 1.807) is 62.5 Å². The Balaban J connectivity index is 1.56. The second-order valence-electron chi connectivity index (χ2n) is 8.75. The highest BCUT2D eigenvalue weighted by molar-refractivity contribution is 6.31. The Bertz CT molecular complexity index is 1560. The van der Waals surface area contributed by atoms with Crippen LogP contribution in [0.2, 0.25) is 5.02 Å². The molecule has 0 saturated carbocycles. The van der Waals surface area contributed by atoms with E-state index < -0.39 is 29.5 Å². The number of aliphatic hydroxyl groups is 1. The first kappa shape index (κ1) is 24.3. The summed E-state index contributed by atoms with van der Waals surface area (Å²) in [6.45, 7) is 3.49. The third-order valence-electron chi connectivity index (χ3n) is 5.88. The van der Waals surface area contributed by atoms with Crippen LogP contribution in [0.15, 0.2) is 88.8 Å². The van der Waals surface area contributed by atoms with E-state index in [1.807, 2.05) is 0 Å². The van der Waals surface area contributed by atoms with E-state index in [2.05, 4.69) is 4.98 Å². The summed E-state index contributed by atoms with van der Waals surface area (Å²) in [7, 11) is 0. The van der Waals surface area contributed by atoms with Crippen molar-refractivity contribution in [2.45, 2.75) is 26.0 Å². The van der Waals surface area contributed by atoms with E-state index in [4.69, 9.17) is 20.8 Å². The van der Waals surface area contributed by atoms with Crippen LogP contribution in [-0.4, -0.2) is 33.9 Å². The number of anilines is 1. The molecule has 8 nitrogen and oxygen atoms in total. The Kier molecular flexibility index (Phi) is 6.27. The molecule has 186 valence electrons. The minimum atomic E-state index is -0.987. The van der Waals surface area contributed by atoms with Gasteiger partial charge in [0.05, 0.1) is 23.3 Å². The van der Waals surface area contributed by atoms with Gasteiger partial charge in [-0.3, -0.25) is 19.5 Å². The molecular weight excluding hydrogens is 496 g/mol. The summed E-state index contributed by atoms with van der Waals surface area (Å²) in [5, 5.41) is 12.0. The lowest BCUT2D eigenvalue weighted by molar-refractivity contribution is -0.117. The number of hydrogen-bond acceptors (Lipinski definition) is 7. The summed E-state index contributed by atoms with van der Waals surface area (Å²) in [4.78, 5) is 44.7. The van der Waals surface area contributed by atoms with Gasteiger partial charge in [-0.1, -0.05) is 17.7 Å². The van der Waals surface area contributed by atoms with Crippen LogP contribution in [0.3, 0.4) is 0 Å². The first-order valence-corrected chi connectivity index (χ1v) is 11.8. The number of pyridine rings is 1. The van der Waals surface area contributed by atoms with Gasteiger partial charge in [-0.15, -0.1) is 0 Å². The molecule has 1 aliphatic rings. The van der Waals surface area contributed by atoms with Crippen molar-refractivity contribution in [3.63, 3.8) is 0 Å². The lowest BCUT2D eigenvalue weighted by Gasteiger charge is -2.26. The maximum absolute atomic E-state index is 13.7. The minimum Gasteiger partial charge on any atom is -0.503 e. The van der Waals surface area contributed by atoms with Crippen molar-refractivity contribution >= 4 is 45.9 Å². The molecule has 9 heteroatoms. The van der Waals surface area contributed by atoms with Gasteiger partial charge in [0.1, 0.15) is 5.58 Å². The molecule has 37 heavy (non-hydrogen) atoms. The summed E-state index contributed by atoms with van der Waals surface area (Å²) >= 11 is 6.06. The maximum atomic E-state index is 13.7. The fraction of sp³-hybridized carbons (Fsp3) is 0.143. The number of furan rings is 1. The van der Waals surface area contributed by atoms with E-state index in [0.29, 0.717) is 32.8 Å². The summed E-state index contributed by atoms with van der Waals surface area (Å²) in [6, 6.07) is 15.0. The smallest absolute Gasteiger partial charge is 0.338 e. The van der Waals surface area contributed by atoms with Crippen LogP contribution in [0.4, 0.5) is 5.69 Å². The summed E-state index contributed by atoms with van der Waals surface area (Å²) in [5.74, 6) is -2.66. The van der Waals surface area contributed by atoms with Gasteiger partial charge in [0, 0.05) is 28.5 Å². The number of benzene rings is 2. The second kappa shape index (κ2) is 9.55. The van der Waals surface area contributed by atoms with Gasteiger partial charge < -0.3 is 14.3 Å². The molecule has 0 fully saturated rings. The van der Waals surface area contributed by atoms with Gasteiger partial charge in [-0.05, 0) is 74.0 Å². The summed E-state index contributed by atoms with van der Waals surface area (Å²) in [5.41, 5.74) is 1.47. The highest BCUT2D eigenvalue weighted by atomic mass is 35.5. The number of nitrogens with zero attached hydrogens (tertiary/aromatic N) is 2. The van der Waals surface area contributed by atoms with E-state index in [-0.39, 0.29) is 17.4 Å². The fourth-order valence-corrected chi connectivity index (χ4v) is 4.44. The van der Waals surface area contributed by atoms with E-state index >= 15 is 0 Å². The quantitative estimate of drug-likeness (QED) is 0.253. The van der Waals surface area contributed by atoms with Crippen LogP contribution in [0.5, 0.6) is 0 Å². The average molecular weight is 517 g/mol. The lowest BCUT2D eigenvalue weighted by Crippen LogP contribution is -2.31. The Hall–Kier alpha value is -4.43. The number of Topliss-reactive ketones (excluding diaryl/α,β-unsaturated/α-hetero) is 1. The molecule has 1 amide bonds. The number of ether oxygens (including phenoxy) is 1. The predicted octanol–water partition coefficient (Wildman–Crippen LogP) is 5.83. The van der Waals surface area contributed by atoms with Gasteiger partial charge in [-0.25, -0.2) is 4.79 Å². The van der Waals surface area contributed by atoms with Gasteiger partial charge in [0.25, 0.3) is 5.91 Å². The van der Waals surface area contributed by atoms with Crippen LogP contribution >= 0.6 is 11.6 Å². The van der Waals surface area contributed by atoms with Crippen LogP contribution < -0.4 is 4.90 Å². The van der Waals surface area contributed by atoms with Gasteiger partial charge >= 0.3 is 5.97 Å². The maximum Gasteiger partial charge on any atom is 0.338 e. The highest BCUT2D eigenvalue weighted by Gasteiger charge is 2.45. The normalized spacial score (nSPS) is 15.6. The number of fused-ring (bicyclic) bond motifs is 1. The van der Waals surface area contributed by atoms with Crippen LogP contribution in [0, 0.1) is 0 Å². The largest absolute Gasteiger partial charge is 0.503 e. The van der Waals surface area contributed by atoms with E-state index in [0.717, 1.165) is 0 Å². The predicted molar refractivity (Wildman–Crippen MR) is 137 cm³/mol. The van der Waals surface area contributed by atoms with Crippen molar-refractivity contribution in [1.82, 2.24) is 4.98 Å². The molecule has 0 aliphatic carbocycles. The molecule has 3 heterocycles. The molecule has 1 unspecified atom stereocenters. The molecule has 2 aromatic carbocycles. The molecule has 0 radical (unpaired) electrons. The molecule has 2 aromatic heterocycles. The van der Waals surface area contributed by atoms with Gasteiger partial charge in [0.2, 0.25) is 5.78 Å². The standard InChI is InChI=1S/C28H21ClN2O6/c1-15(2)36-28(35)16-5-8-20(9-6-16)31-24(17-4-3-11-30-14-17)23(26(33)27(31)34)25(32)22-13-18-12-19(29)7-10-21(18)37-22/h3-15,24,33H,1-2H3. The number of rotatable bonds is 6. The molecule has 1 N–H and O–H groups in total. The zero-order valence-corrected chi connectivity index (χ0v) is 20.6. The topological polar surface area (TPSA) is 110 Å². The average Bonchev–Trinajstić information content (AvgIpc) is 3.42. The minimum absolute atomic E-state index is 0.0471. The first-order valence-electron chi connectivity index (χ1n) is 11.5. The lowest BCUT2D eigenvalue weighted by atomic mass is 9.96. The van der Waals surface area contributed by atoms with Crippen molar-refractivity contribution in [3.8, 4) is 0 Å². The molecular formula is C28H21ClN2O6. The Morgan fingerprint density at radius 2 is 1.86 bits per heavy atom. The summed E-state index contributed by atoms with van der Waals surface area (Å²) < 4.78 is 11.0. The van der Waals surface area contributed by atoms with Crippen molar-refractivity contribution in [2.24, 2.45) is 0 Å². The number of aromatic nitrogens is 1. The Morgan fingerprint density at radius 1 is 1.11 bits per heavy atom. The van der Waals surface area contributed by atoms with Crippen molar-refractivity contribution < 1.29 is 28.6 Å². The number of halogens is 1. The third kappa shape index (κ3) is 4.47. The van der Waals surface area contributed by atoms with Gasteiger partial charge in [0.15, 0.2) is 11.5 Å². The molecule has 1 atom stereocenters. The number of carbonyl (C=O) groups excluding carboxylic acids is 3. The zero-order valence-electron chi connectivity index (χ0n) is 19.8. The molecule has 1 aliphatic heterocycles. The molecule has 5 rings (SSSR count). The first-order chi connectivity index (χ1) is 17.7. The van der Waals surface area contributed by atoms with Crippen LogP contribution in [0.1, 0.15) is 46.4 Å². The Labute approximate surface area is 216 Å². The number of ketones is 1. The number of esters is 1. The van der Waals surface area contributed by atoms with Crippen molar-refractivity contribution in [3.05, 3.63) is 106 Å². The van der Waals surface area contributed by atoms with Gasteiger partial charge in [-0.2, -0.15) is 0 Å². The third-order valence-corrected chi connectivity index (χ3v) is 6.11. The van der Waals surface area contributed by atoms with Crippen molar-refractivity contribution in [2.75, 3.05) is 4.90 Å². The molecule has 0 bridgehead atoms. The monoisotopic (exact) mass is 516 g/mol. The molecule has 0 saturated heterocycles. The summed E-state index contributed by atoms with van der Waals surface area (Å²) in [6.07, 6.45) is 2.79. The second-order valence-corrected chi connectivity index (χ2v) is 9.19.